The van der Waals surface area contributed by atoms with Crippen molar-refractivity contribution in [1.82, 2.24) is 10.2 Å². The molecule has 0 amide bonds. The molecule has 1 aromatic rings. The fourth-order valence-electron chi connectivity index (χ4n) is 3.25. The summed E-state index contributed by atoms with van der Waals surface area (Å²) in [4.78, 5) is 2.48. The molecule has 2 rings (SSSR count). The van der Waals surface area contributed by atoms with Crippen LogP contribution in [0.3, 0.4) is 0 Å². The van der Waals surface area contributed by atoms with Gasteiger partial charge in [0.05, 0.1) is 0 Å². The van der Waals surface area contributed by atoms with Crippen LogP contribution in [0, 0.1) is 23.5 Å². The van der Waals surface area contributed by atoms with Gasteiger partial charge in [-0.3, -0.25) is 0 Å². The van der Waals surface area contributed by atoms with E-state index in [-0.39, 0.29) is 10.8 Å². The molecule has 0 bridgehead atoms. The van der Waals surface area contributed by atoms with Gasteiger partial charge in [0.1, 0.15) is 17.3 Å². The van der Waals surface area contributed by atoms with Gasteiger partial charge in [0.2, 0.25) is 0 Å². The van der Waals surface area contributed by atoms with Gasteiger partial charge in [0.25, 0.3) is 0 Å². The number of likely N-dealkylation sites (tertiary alicyclic amines) is 1. The maximum atomic E-state index is 13.5. The fraction of sp³-hybridized carbons (Fsp3) is 0.588. The Balaban J connectivity index is 1.69. The number of para-hydroxylation sites is 1. The third kappa shape index (κ3) is 5.70. The van der Waals surface area contributed by atoms with Gasteiger partial charge in [-0.1, -0.05) is 19.9 Å². The summed E-state index contributed by atoms with van der Waals surface area (Å²) in [6.07, 6.45) is 2.25. The molecule has 0 aromatic heterocycles. The lowest BCUT2D eigenvalue weighted by atomic mass is 9.92. The first-order valence-corrected chi connectivity index (χ1v) is 8.57. The number of hydrogen-bond acceptors (Lipinski definition) is 2. The van der Waals surface area contributed by atoms with E-state index >= 15 is 0 Å². The third-order valence-electron chi connectivity index (χ3n) is 4.08. The number of halogens is 2. The summed E-state index contributed by atoms with van der Waals surface area (Å²) in [6, 6.07) is 3.73. The molecule has 1 saturated heterocycles. The maximum absolute atomic E-state index is 13.5. The second kappa shape index (κ2) is 8.55. The second-order valence-corrected chi connectivity index (χ2v) is 6.94. The van der Waals surface area contributed by atoms with Crippen molar-refractivity contribution >= 4 is 23.0 Å². The molecule has 1 aromatic carbocycles. The molecule has 2 N–H and O–H groups in total. The maximum Gasteiger partial charge on any atom is 0.170 e. The van der Waals surface area contributed by atoms with Crippen molar-refractivity contribution in [2.75, 3.05) is 31.5 Å². The van der Waals surface area contributed by atoms with Crippen LogP contribution in [0.15, 0.2) is 18.2 Å². The van der Waals surface area contributed by atoms with E-state index in [1.807, 2.05) is 0 Å². The zero-order valence-electron chi connectivity index (χ0n) is 13.7. The molecular formula is C17H25F2N3S. The molecule has 0 unspecified atom stereocenters. The Morgan fingerprint density at radius 3 is 2.43 bits per heavy atom. The molecule has 3 nitrogen and oxygen atoms in total. The highest BCUT2D eigenvalue weighted by Gasteiger charge is 2.21. The van der Waals surface area contributed by atoms with Crippen LogP contribution >= 0.6 is 12.2 Å². The Kier molecular flexibility index (Phi) is 6.72. The van der Waals surface area contributed by atoms with Crippen molar-refractivity contribution in [2.24, 2.45) is 11.8 Å². The first-order valence-electron chi connectivity index (χ1n) is 8.17. The highest BCUT2D eigenvalue weighted by Crippen LogP contribution is 2.21. The van der Waals surface area contributed by atoms with Crippen molar-refractivity contribution in [3.05, 3.63) is 29.8 Å². The lowest BCUT2D eigenvalue weighted by Gasteiger charge is -2.35. The van der Waals surface area contributed by atoms with Gasteiger partial charge in [-0.25, -0.2) is 8.78 Å². The topological polar surface area (TPSA) is 27.3 Å². The Bertz CT molecular complexity index is 508. The molecule has 128 valence electrons. The van der Waals surface area contributed by atoms with Crippen molar-refractivity contribution in [3.8, 4) is 0 Å². The van der Waals surface area contributed by atoms with Crippen molar-refractivity contribution < 1.29 is 8.78 Å². The summed E-state index contributed by atoms with van der Waals surface area (Å²) >= 11 is 5.09. The van der Waals surface area contributed by atoms with Crippen LogP contribution in [-0.4, -0.2) is 36.2 Å². The Hall–Kier alpha value is -1.27. The predicted molar refractivity (Wildman–Crippen MR) is 94.6 cm³/mol. The van der Waals surface area contributed by atoms with Crippen LogP contribution in [-0.2, 0) is 0 Å². The Labute approximate surface area is 142 Å². The van der Waals surface area contributed by atoms with E-state index < -0.39 is 11.6 Å². The average molecular weight is 341 g/mol. The quantitative estimate of drug-likeness (QED) is 0.632. The van der Waals surface area contributed by atoms with Gasteiger partial charge in [0, 0.05) is 19.6 Å². The molecule has 0 saturated carbocycles. The summed E-state index contributed by atoms with van der Waals surface area (Å²) in [7, 11) is 0. The van der Waals surface area contributed by atoms with E-state index in [1.165, 1.54) is 24.6 Å². The molecule has 1 aliphatic rings. The van der Waals surface area contributed by atoms with Crippen LogP contribution in [0.4, 0.5) is 14.5 Å². The minimum Gasteiger partial charge on any atom is -0.362 e. The normalized spacial score (nSPS) is 21.9. The number of piperidine rings is 1. The number of hydrogen-bond donors (Lipinski definition) is 2. The average Bonchev–Trinajstić information content (AvgIpc) is 2.47. The van der Waals surface area contributed by atoms with E-state index in [4.69, 9.17) is 12.2 Å². The number of benzene rings is 1. The summed E-state index contributed by atoms with van der Waals surface area (Å²) in [5.41, 5.74) is -0.205. The zero-order chi connectivity index (χ0) is 16.8. The minimum atomic E-state index is -0.648. The van der Waals surface area contributed by atoms with Crippen LogP contribution in [0.5, 0.6) is 0 Å². The van der Waals surface area contributed by atoms with Crippen LogP contribution in [0.1, 0.15) is 26.7 Å². The van der Waals surface area contributed by atoms with Crippen molar-refractivity contribution in [3.63, 3.8) is 0 Å². The minimum absolute atomic E-state index is 0.205. The summed E-state index contributed by atoms with van der Waals surface area (Å²) in [6.45, 7) is 8.58. The van der Waals surface area contributed by atoms with E-state index in [2.05, 4.69) is 29.4 Å². The van der Waals surface area contributed by atoms with Crippen LogP contribution < -0.4 is 10.6 Å². The highest BCUT2D eigenvalue weighted by atomic mass is 32.1. The summed E-state index contributed by atoms with van der Waals surface area (Å²) < 4.78 is 27.0. The number of anilines is 1. The van der Waals surface area contributed by atoms with E-state index in [9.17, 15) is 8.78 Å². The molecule has 2 atom stereocenters. The molecule has 1 aliphatic heterocycles. The van der Waals surface area contributed by atoms with Crippen LogP contribution in [0.25, 0.3) is 0 Å². The van der Waals surface area contributed by atoms with Gasteiger partial charge in [-0.2, -0.15) is 0 Å². The molecule has 6 heteroatoms. The zero-order valence-corrected chi connectivity index (χ0v) is 14.6. The van der Waals surface area contributed by atoms with Gasteiger partial charge in [0.15, 0.2) is 5.11 Å². The smallest absolute Gasteiger partial charge is 0.170 e. The number of thiocarbonyl (C=S) groups is 1. The summed E-state index contributed by atoms with van der Waals surface area (Å²) in [5.74, 6) is 0.202. The predicted octanol–water partition coefficient (Wildman–Crippen LogP) is 3.62. The highest BCUT2D eigenvalue weighted by molar-refractivity contribution is 7.80. The van der Waals surface area contributed by atoms with E-state index in [0.717, 1.165) is 37.9 Å². The molecule has 23 heavy (non-hydrogen) atoms. The number of nitrogens with zero attached hydrogens (tertiary/aromatic N) is 1. The van der Waals surface area contributed by atoms with Gasteiger partial charge in [-0.05, 0) is 55.6 Å². The number of rotatable bonds is 5. The fourth-order valence-corrected chi connectivity index (χ4v) is 3.46. The molecule has 0 spiro atoms. The number of nitrogens with one attached hydrogen (secondary N) is 2. The van der Waals surface area contributed by atoms with Gasteiger partial charge >= 0.3 is 0 Å². The Morgan fingerprint density at radius 1 is 1.22 bits per heavy atom. The Morgan fingerprint density at radius 2 is 1.83 bits per heavy atom. The van der Waals surface area contributed by atoms with Gasteiger partial charge < -0.3 is 15.5 Å². The SMILES string of the molecule is C[C@H]1C[C@H](C)CN(CCCNC(=S)Nc2c(F)cccc2F)C1. The first-order chi connectivity index (χ1) is 11.0. The van der Waals surface area contributed by atoms with Crippen LogP contribution in [0.2, 0.25) is 0 Å². The standard InChI is InChI=1S/C17H25F2N3S/c1-12-9-13(2)11-22(10-12)8-4-7-20-17(23)21-16-14(18)5-3-6-15(16)19/h3,5-6,12-13H,4,7-11H2,1-2H3,(H2,20,21,23)/t12-,13-/m0/s1. The molecule has 0 radical (unpaired) electrons. The van der Waals surface area contributed by atoms with E-state index in [0.29, 0.717) is 6.54 Å². The van der Waals surface area contributed by atoms with Crippen molar-refractivity contribution in [2.45, 2.75) is 26.7 Å². The molecular weight excluding hydrogens is 316 g/mol. The monoisotopic (exact) mass is 341 g/mol. The third-order valence-corrected chi connectivity index (χ3v) is 4.33. The van der Waals surface area contributed by atoms with Crippen molar-refractivity contribution in [1.29, 1.82) is 0 Å². The molecule has 1 fully saturated rings. The second-order valence-electron chi connectivity index (χ2n) is 6.54. The van der Waals surface area contributed by atoms with Gasteiger partial charge in [-0.15, -0.1) is 0 Å². The van der Waals surface area contributed by atoms with E-state index in [1.54, 1.807) is 0 Å². The molecule has 1 heterocycles. The first kappa shape index (κ1) is 18.1. The summed E-state index contributed by atoms with van der Waals surface area (Å²) in [5, 5.41) is 5.84. The lowest BCUT2D eigenvalue weighted by Crippen LogP contribution is -2.40. The molecule has 0 aliphatic carbocycles. The largest absolute Gasteiger partial charge is 0.362 e. The lowest BCUT2D eigenvalue weighted by molar-refractivity contribution is 0.140.